The summed E-state index contributed by atoms with van der Waals surface area (Å²) in [4.78, 5) is 10.7. The van der Waals surface area contributed by atoms with Crippen LogP contribution in [0.15, 0.2) is 9.98 Å². The van der Waals surface area contributed by atoms with Crippen molar-refractivity contribution in [2.75, 3.05) is 13.1 Å². The van der Waals surface area contributed by atoms with Crippen LogP contribution in [0.2, 0.25) is 0 Å². The Bertz CT molecular complexity index is 410. The number of nitrogens with one attached hydrogen (secondary N) is 1. The molecule has 0 fully saturated rings. The Morgan fingerprint density at radius 2 is 1.56 bits per heavy atom. The van der Waals surface area contributed by atoms with Gasteiger partial charge < -0.3 is 5.32 Å². The third kappa shape index (κ3) is 7.84. The van der Waals surface area contributed by atoms with Gasteiger partial charge in [-0.2, -0.15) is 4.99 Å². The van der Waals surface area contributed by atoms with Crippen LogP contribution < -0.4 is 5.32 Å². The van der Waals surface area contributed by atoms with Crippen LogP contribution in [0.5, 0.6) is 0 Å². The summed E-state index contributed by atoms with van der Waals surface area (Å²) < 4.78 is 0. The van der Waals surface area contributed by atoms with Gasteiger partial charge in [0.2, 0.25) is 5.29 Å². The molecule has 0 aliphatic carbocycles. The summed E-state index contributed by atoms with van der Waals surface area (Å²) >= 11 is 12.9. The summed E-state index contributed by atoms with van der Waals surface area (Å²) in [6, 6.07) is 0. The fourth-order valence-electron chi connectivity index (χ4n) is 3.29. The lowest BCUT2D eigenvalue weighted by atomic mass is 9.95. The van der Waals surface area contributed by atoms with Crippen LogP contribution >= 0.6 is 23.2 Å². The second kappa shape index (κ2) is 12.1. The number of amidine groups is 1. The highest BCUT2D eigenvalue weighted by atomic mass is 35.5. The molecule has 0 aromatic carbocycles. The van der Waals surface area contributed by atoms with Crippen LogP contribution in [0.4, 0.5) is 0 Å². The number of hydrogen-bond acceptors (Lipinski definition) is 4. The monoisotopic (exact) mass is 390 g/mol. The third-order valence-electron chi connectivity index (χ3n) is 5.12. The zero-order chi connectivity index (χ0) is 18.7. The number of nitrogens with zero attached hydrogens (tertiary/aromatic N) is 3. The van der Waals surface area contributed by atoms with Gasteiger partial charge in [-0.25, -0.2) is 9.89 Å². The van der Waals surface area contributed by atoms with Crippen molar-refractivity contribution in [3.8, 4) is 0 Å². The molecule has 1 aliphatic rings. The van der Waals surface area contributed by atoms with E-state index in [1.165, 1.54) is 38.5 Å². The summed E-state index contributed by atoms with van der Waals surface area (Å²) in [5.74, 6) is 1.24. The fourth-order valence-corrected chi connectivity index (χ4v) is 3.77. The maximum Gasteiger partial charge on any atom is 0.271 e. The molecule has 3 unspecified atom stereocenters. The van der Waals surface area contributed by atoms with Gasteiger partial charge in [-0.05, 0) is 36.3 Å². The maximum absolute atomic E-state index is 6.86. The minimum atomic E-state index is -1.02. The zero-order valence-corrected chi connectivity index (χ0v) is 17.9. The van der Waals surface area contributed by atoms with Crippen molar-refractivity contribution in [2.24, 2.45) is 21.8 Å². The highest BCUT2D eigenvalue weighted by Gasteiger charge is 2.37. The van der Waals surface area contributed by atoms with Crippen LogP contribution in [0, 0.1) is 11.8 Å². The molecule has 0 bridgehead atoms. The molecule has 0 aromatic heterocycles. The topological polar surface area (TPSA) is 40.0 Å². The van der Waals surface area contributed by atoms with Crippen molar-refractivity contribution >= 4 is 34.8 Å². The molecule has 25 heavy (non-hydrogen) atoms. The van der Waals surface area contributed by atoms with Gasteiger partial charge in [0.1, 0.15) is 0 Å². The average Bonchev–Trinajstić information content (AvgIpc) is 2.60. The summed E-state index contributed by atoms with van der Waals surface area (Å²) in [7, 11) is 0. The Hall–Kier alpha value is -0.320. The number of rotatable bonds is 13. The summed E-state index contributed by atoms with van der Waals surface area (Å²) in [5.41, 5.74) is 0. The molecular formula is C19H36Cl2N4. The standard InChI is InChI=1S/C19H36Cl2N4/c1-5-9-11-16(7-3)13-25(14-17(8-4)12-10-6-2)19(21)23-15-22-18(20)24-19/h15-17H,5-14H2,1-4H3,(H,22,23,24). The molecule has 0 amide bonds. The largest absolute Gasteiger partial charge is 0.326 e. The lowest BCUT2D eigenvalue weighted by molar-refractivity contribution is 0.0985. The SMILES string of the molecule is CCCCC(CC)CN(CC(CC)CCCC)C1(Cl)N=C(Cl)N=CN1. The van der Waals surface area contributed by atoms with Crippen molar-refractivity contribution in [3.63, 3.8) is 0 Å². The molecule has 6 heteroatoms. The highest BCUT2D eigenvalue weighted by molar-refractivity contribution is 6.65. The fraction of sp³-hybridized carbons (Fsp3) is 0.895. The van der Waals surface area contributed by atoms with Crippen LogP contribution in [-0.4, -0.2) is 34.9 Å². The van der Waals surface area contributed by atoms with E-state index in [4.69, 9.17) is 23.2 Å². The first-order valence-electron chi connectivity index (χ1n) is 9.98. The predicted molar refractivity (Wildman–Crippen MR) is 112 cm³/mol. The minimum absolute atomic E-state index is 0.210. The van der Waals surface area contributed by atoms with Gasteiger partial charge in [0.05, 0.1) is 6.34 Å². The Balaban J connectivity index is 2.90. The molecule has 0 saturated heterocycles. The van der Waals surface area contributed by atoms with Crippen LogP contribution in [0.25, 0.3) is 0 Å². The van der Waals surface area contributed by atoms with Crippen molar-refractivity contribution in [1.82, 2.24) is 10.2 Å². The minimum Gasteiger partial charge on any atom is -0.326 e. The number of hydrogen-bond donors (Lipinski definition) is 1. The van der Waals surface area contributed by atoms with Gasteiger partial charge in [-0.15, -0.1) is 0 Å². The van der Waals surface area contributed by atoms with Gasteiger partial charge in [0.15, 0.2) is 0 Å². The maximum atomic E-state index is 6.86. The molecule has 0 spiro atoms. The zero-order valence-electron chi connectivity index (χ0n) is 16.4. The van der Waals surface area contributed by atoms with E-state index in [0.29, 0.717) is 11.8 Å². The van der Waals surface area contributed by atoms with E-state index in [-0.39, 0.29) is 5.29 Å². The predicted octanol–water partition coefficient (Wildman–Crippen LogP) is 5.80. The van der Waals surface area contributed by atoms with E-state index in [0.717, 1.165) is 25.9 Å². The van der Waals surface area contributed by atoms with Crippen molar-refractivity contribution in [1.29, 1.82) is 0 Å². The molecule has 1 aliphatic heterocycles. The summed E-state index contributed by atoms with van der Waals surface area (Å²) in [5, 5.41) is 2.32. The molecule has 3 atom stereocenters. The van der Waals surface area contributed by atoms with Crippen molar-refractivity contribution in [2.45, 2.75) is 84.3 Å². The van der Waals surface area contributed by atoms with Crippen molar-refractivity contribution in [3.05, 3.63) is 0 Å². The first-order valence-corrected chi connectivity index (χ1v) is 10.7. The average molecular weight is 391 g/mol. The van der Waals surface area contributed by atoms with Gasteiger partial charge in [0.25, 0.3) is 5.25 Å². The van der Waals surface area contributed by atoms with E-state index < -0.39 is 5.25 Å². The number of unbranched alkanes of at least 4 members (excludes halogenated alkanes) is 2. The van der Waals surface area contributed by atoms with E-state index in [1.807, 2.05) is 0 Å². The number of aliphatic imine (C=N–C) groups is 2. The summed E-state index contributed by atoms with van der Waals surface area (Å²) in [6.45, 7) is 10.9. The molecular weight excluding hydrogens is 355 g/mol. The van der Waals surface area contributed by atoms with E-state index in [2.05, 4.69) is 47.9 Å². The molecule has 4 nitrogen and oxygen atoms in total. The number of alkyl halides is 1. The molecule has 1 rings (SSSR count). The molecule has 0 radical (unpaired) electrons. The summed E-state index contributed by atoms with van der Waals surface area (Å²) in [6.07, 6.45) is 11.3. The molecule has 1 heterocycles. The Labute approximate surface area is 164 Å². The quantitative estimate of drug-likeness (QED) is 0.318. The molecule has 0 aromatic rings. The normalized spacial score (nSPS) is 22.6. The van der Waals surface area contributed by atoms with Gasteiger partial charge in [0, 0.05) is 13.1 Å². The van der Waals surface area contributed by atoms with E-state index >= 15 is 0 Å². The van der Waals surface area contributed by atoms with Crippen molar-refractivity contribution < 1.29 is 0 Å². The van der Waals surface area contributed by atoms with E-state index in [9.17, 15) is 0 Å². The Morgan fingerprint density at radius 3 is 1.96 bits per heavy atom. The second-order valence-corrected chi connectivity index (χ2v) is 7.97. The van der Waals surface area contributed by atoms with Gasteiger partial charge >= 0.3 is 0 Å². The number of halogens is 2. The third-order valence-corrected chi connectivity index (χ3v) is 5.74. The molecule has 1 N–H and O–H groups in total. The van der Waals surface area contributed by atoms with E-state index in [1.54, 1.807) is 6.34 Å². The Morgan fingerprint density at radius 1 is 1.04 bits per heavy atom. The first-order chi connectivity index (χ1) is 12.0. The van der Waals surface area contributed by atoms with Gasteiger partial charge in [-0.3, -0.25) is 0 Å². The van der Waals surface area contributed by atoms with Crippen LogP contribution in [-0.2, 0) is 0 Å². The lowest BCUT2D eigenvalue weighted by Gasteiger charge is -2.40. The second-order valence-electron chi connectivity index (χ2n) is 7.11. The molecule has 146 valence electrons. The lowest BCUT2D eigenvalue weighted by Crippen LogP contribution is -2.57. The van der Waals surface area contributed by atoms with Crippen LogP contribution in [0.3, 0.4) is 0 Å². The smallest absolute Gasteiger partial charge is 0.271 e. The van der Waals surface area contributed by atoms with Gasteiger partial charge in [-0.1, -0.05) is 77.8 Å². The van der Waals surface area contributed by atoms with Crippen LogP contribution in [0.1, 0.15) is 79.1 Å². The highest BCUT2D eigenvalue weighted by Crippen LogP contribution is 2.28. The Kier molecular flexibility index (Phi) is 11.0. The molecule has 0 saturated carbocycles. The first kappa shape index (κ1) is 22.7.